The van der Waals surface area contributed by atoms with E-state index in [1.54, 1.807) is 18.2 Å². The van der Waals surface area contributed by atoms with Crippen molar-refractivity contribution in [3.8, 4) is 0 Å². The van der Waals surface area contributed by atoms with Crippen LogP contribution in [0.1, 0.15) is 34.3 Å². The first kappa shape index (κ1) is 21.4. The molecule has 0 spiro atoms. The monoisotopic (exact) mass is 421 g/mol. The third-order valence-corrected chi connectivity index (χ3v) is 4.34. The topological polar surface area (TPSA) is 138 Å². The van der Waals surface area contributed by atoms with Crippen molar-refractivity contribution in [2.75, 3.05) is 5.32 Å². The molecule has 9 nitrogen and oxygen atoms in total. The second-order valence-electron chi connectivity index (χ2n) is 6.74. The molecule has 0 unspecified atom stereocenters. The maximum atomic E-state index is 12.4. The Bertz CT molecular complexity index is 1230. The van der Waals surface area contributed by atoms with Crippen molar-refractivity contribution in [1.29, 1.82) is 0 Å². The number of aryl methyl sites for hydroxylation is 1. The lowest BCUT2D eigenvalue weighted by Crippen LogP contribution is -2.21. The van der Waals surface area contributed by atoms with E-state index in [9.17, 15) is 19.2 Å². The highest BCUT2D eigenvalue weighted by molar-refractivity contribution is 5.94. The molecule has 0 aliphatic rings. The predicted octanol–water partition coefficient (Wildman–Crippen LogP) is 2.67. The Labute approximate surface area is 176 Å². The van der Waals surface area contributed by atoms with Crippen LogP contribution in [0, 0.1) is 6.92 Å². The van der Waals surface area contributed by atoms with Crippen molar-refractivity contribution >= 4 is 40.7 Å². The van der Waals surface area contributed by atoms with Crippen molar-refractivity contribution in [3.05, 3.63) is 75.6 Å². The number of hydrogen-bond donors (Lipinski definition) is 3. The molecule has 158 valence electrons. The molecule has 0 radical (unpaired) electrons. The fraction of sp³-hybridized carbons (Fsp3) is 0.136. The average molecular weight is 421 g/mol. The summed E-state index contributed by atoms with van der Waals surface area (Å²) in [5.74, 6) is -1.98. The number of carboxylic acid groups (broad SMARTS) is 1. The summed E-state index contributed by atoms with van der Waals surface area (Å²) in [6.45, 7) is 1.89. The molecule has 0 saturated heterocycles. The number of amides is 2. The average Bonchev–Trinajstić information content (AvgIpc) is 2.74. The molecule has 3 aromatic rings. The summed E-state index contributed by atoms with van der Waals surface area (Å²) in [5, 5.41) is 15.6. The number of nitrogens with one attached hydrogen (secondary N) is 2. The summed E-state index contributed by atoms with van der Waals surface area (Å²) in [4.78, 5) is 47.0. The van der Waals surface area contributed by atoms with E-state index in [1.165, 1.54) is 36.7 Å². The van der Waals surface area contributed by atoms with Crippen LogP contribution in [0.4, 0.5) is 5.69 Å². The Kier molecular flexibility index (Phi) is 6.56. The zero-order valence-electron chi connectivity index (χ0n) is 16.5. The van der Waals surface area contributed by atoms with E-state index in [0.29, 0.717) is 16.7 Å². The zero-order valence-corrected chi connectivity index (χ0v) is 16.5. The highest BCUT2D eigenvalue weighted by Gasteiger charge is 2.09. The van der Waals surface area contributed by atoms with Crippen LogP contribution in [0.25, 0.3) is 11.0 Å². The van der Waals surface area contributed by atoms with Crippen LogP contribution in [0.15, 0.2) is 63.0 Å². The largest absolute Gasteiger partial charge is 0.478 e. The van der Waals surface area contributed by atoms with E-state index in [4.69, 9.17) is 9.52 Å². The Balaban J connectivity index is 1.50. The zero-order chi connectivity index (χ0) is 22.4. The van der Waals surface area contributed by atoms with Crippen molar-refractivity contribution in [2.45, 2.75) is 19.8 Å². The van der Waals surface area contributed by atoms with Crippen LogP contribution in [0.5, 0.6) is 0 Å². The Morgan fingerprint density at radius 1 is 1.06 bits per heavy atom. The molecule has 0 aliphatic heterocycles. The Morgan fingerprint density at radius 2 is 1.77 bits per heavy atom. The predicted molar refractivity (Wildman–Crippen MR) is 114 cm³/mol. The van der Waals surface area contributed by atoms with Crippen molar-refractivity contribution in [1.82, 2.24) is 5.43 Å². The maximum absolute atomic E-state index is 12.4. The number of benzene rings is 2. The van der Waals surface area contributed by atoms with E-state index >= 15 is 0 Å². The van der Waals surface area contributed by atoms with E-state index in [1.807, 2.05) is 6.92 Å². The number of aromatic carboxylic acids is 1. The van der Waals surface area contributed by atoms with E-state index in [-0.39, 0.29) is 29.4 Å². The number of carbonyl (C=O) groups is 3. The van der Waals surface area contributed by atoms with Gasteiger partial charge in [0, 0.05) is 18.5 Å². The first-order chi connectivity index (χ1) is 14.8. The minimum Gasteiger partial charge on any atom is -0.478 e. The van der Waals surface area contributed by atoms with Gasteiger partial charge in [0.05, 0.1) is 22.7 Å². The fourth-order valence-corrected chi connectivity index (χ4v) is 2.72. The molecule has 0 saturated carbocycles. The van der Waals surface area contributed by atoms with Gasteiger partial charge in [0.2, 0.25) is 17.2 Å². The Hall–Kier alpha value is -4.27. The Morgan fingerprint density at radius 3 is 2.48 bits per heavy atom. The van der Waals surface area contributed by atoms with Crippen LogP contribution in [0.3, 0.4) is 0 Å². The van der Waals surface area contributed by atoms with Crippen LogP contribution in [0.2, 0.25) is 0 Å². The number of nitrogens with zero attached hydrogens (tertiary/aromatic N) is 1. The summed E-state index contributed by atoms with van der Waals surface area (Å²) >= 11 is 0. The van der Waals surface area contributed by atoms with E-state index in [2.05, 4.69) is 15.8 Å². The SMILES string of the molecule is Cc1ccc2c(=O)c(/C=N/NC(=O)CCC(=O)Nc3ccc(C(=O)O)cc3)coc2c1. The van der Waals surface area contributed by atoms with Crippen LogP contribution in [-0.4, -0.2) is 29.1 Å². The highest BCUT2D eigenvalue weighted by Crippen LogP contribution is 2.13. The molecule has 3 N–H and O–H groups in total. The van der Waals surface area contributed by atoms with E-state index in [0.717, 1.165) is 5.56 Å². The minimum atomic E-state index is -1.06. The molecule has 0 aliphatic carbocycles. The lowest BCUT2D eigenvalue weighted by Gasteiger charge is -2.05. The molecule has 0 bridgehead atoms. The second kappa shape index (κ2) is 9.49. The lowest BCUT2D eigenvalue weighted by atomic mass is 10.1. The molecular weight excluding hydrogens is 402 g/mol. The maximum Gasteiger partial charge on any atom is 0.335 e. The third kappa shape index (κ3) is 5.63. The van der Waals surface area contributed by atoms with Gasteiger partial charge in [0.15, 0.2) is 0 Å². The van der Waals surface area contributed by atoms with Crippen molar-refractivity contribution < 1.29 is 23.9 Å². The number of fused-ring (bicyclic) bond motifs is 1. The first-order valence-electron chi connectivity index (χ1n) is 9.31. The van der Waals surface area contributed by atoms with Gasteiger partial charge in [-0.05, 0) is 48.9 Å². The minimum absolute atomic E-state index is 0.0977. The van der Waals surface area contributed by atoms with Gasteiger partial charge in [0.25, 0.3) is 0 Å². The van der Waals surface area contributed by atoms with Gasteiger partial charge in [-0.3, -0.25) is 14.4 Å². The van der Waals surface area contributed by atoms with Crippen LogP contribution in [-0.2, 0) is 9.59 Å². The van der Waals surface area contributed by atoms with Gasteiger partial charge in [-0.1, -0.05) is 6.07 Å². The molecule has 0 fully saturated rings. The number of hydrogen-bond acceptors (Lipinski definition) is 6. The van der Waals surface area contributed by atoms with Gasteiger partial charge in [-0.15, -0.1) is 0 Å². The highest BCUT2D eigenvalue weighted by atomic mass is 16.4. The van der Waals surface area contributed by atoms with Gasteiger partial charge in [-0.25, -0.2) is 10.2 Å². The summed E-state index contributed by atoms with van der Waals surface area (Å²) in [7, 11) is 0. The van der Waals surface area contributed by atoms with Crippen LogP contribution >= 0.6 is 0 Å². The summed E-state index contributed by atoms with van der Waals surface area (Å²) in [5.41, 5.74) is 4.12. The molecule has 31 heavy (non-hydrogen) atoms. The van der Waals surface area contributed by atoms with Crippen LogP contribution < -0.4 is 16.2 Å². The normalized spacial score (nSPS) is 10.9. The van der Waals surface area contributed by atoms with Gasteiger partial charge in [-0.2, -0.15) is 5.10 Å². The number of hydrazone groups is 1. The number of anilines is 1. The molecule has 2 amide bonds. The molecule has 2 aromatic carbocycles. The van der Waals surface area contributed by atoms with Crippen molar-refractivity contribution in [2.24, 2.45) is 5.10 Å². The lowest BCUT2D eigenvalue weighted by molar-refractivity contribution is -0.124. The number of rotatable bonds is 7. The second-order valence-corrected chi connectivity index (χ2v) is 6.74. The standard InChI is InChI=1S/C22H19N3O6/c1-13-2-7-17-18(10-13)31-12-15(21(17)28)11-23-25-20(27)9-8-19(26)24-16-5-3-14(4-6-16)22(29)30/h2-7,10-12H,8-9H2,1H3,(H,24,26)(H,25,27)(H,29,30)/b23-11+. The van der Waals surface area contributed by atoms with E-state index < -0.39 is 17.8 Å². The summed E-state index contributed by atoms with van der Waals surface area (Å²) in [6.07, 6.45) is 2.23. The molecule has 1 heterocycles. The number of carbonyl (C=O) groups excluding carboxylic acids is 2. The fourth-order valence-electron chi connectivity index (χ4n) is 2.72. The quantitative estimate of drug-likeness (QED) is 0.396. The van der Waals surface area contributed by atoms with Crippen molar-refractivity contribution in [3.63, 3.8) is 0 Å². The van der Waals surface area contributed by atoms with Gasteiger partial charge >= 0.3 is 5.97 Å². The van der Waals surface area contributed by atoms with Gasteiger partial charge in [0.1, 0.15) is 11.8 Å². The smallest absolute Gasteiger partial charge is 0.335 e. The molecule has 9 heteroatoms. The molecule has 0 atom stereocenters. The summed E-state index contributed by atoms with van der Waals surface area (Å²) in [6, 6.07) is 10.9. The molecule has 1 aromatic heterocycles. The summed E-state index contributed by atoms with van der Waals surface area (Å²) < 4.78 is 5.43. The first-order valence-corrected chi connectivity index (χ1v) is 9.31. The molecule has 3 rings (SSSR count). The third-order valence-electron chi connectivity index (χ3n) is 4.34. The van der Waals surface area contributed by atoms with Gasteiger partial charge < -0.3 is 14.8 Å². The number of carboxylic acids is 1. The molecular formula is C22H19N3O6.